The Kier molecular flexibility index (Phi) is 7.80. The fourth-order valence-electron chi connectivity index (χ4n) is 5.03. The van der Waals surface area contributed by atoms with Gasteiger partial charge in [-0.25, -0.2) is 13.2 Å². The molecule has 0 spiro atoms. The second-order valence-corrected chi connectivity index (χ2v) is 8.64. The van der Waals surface area contributed by atoms with Gasteiger partial charge in [0, 0.05) is 12.8 Å². The van der Waals surface area contributed by atoms with E-state index in [9.17, 15) is 18.0 Å². The van der Waals surface area contributed by atoms with E-state index in [4.69, 9.17) is 4.74 Å². The summed E-state index contributed by atoms with van der Waals surface area (Å²) in [4.78, 5) is 12.3. The highest BCUT2D eigenvalue weighted by Crippen LogP contribution is 2.41. The topological polar surface area (TPSA) is 57.8 Å². The second-order valence-electron chi connectivity index (χ2n) is 8.64. The smallest absolute Gasteiger partial charge is 0.309 e. The molecule has 0 aromatic rings. The third-order valence-corrected chi connectivity index (χ3v) is 6.78. The fourth-order valence-corrected chi connectivity index (χ4v) is 5.03. The van der Waals surface area contributed by atoms with Crippen LogP contribution in [0.25, 0.3) is 0 Å². The molecule has 0 amide bonds. The van der Waals surface area contributed by atoms with Crippen LogP contribution in [0.2, 0.25) is 0 Å². The van der Waals surface area contributed by atoms with Gasteiger partial charge in [0.05, 0.1) is 5.92 Å². The normalized spacial score (nSPS) is 44.0. The second kappa shape index (κ2) is 9.43. The van der Waals surface area contributed by atoms with Gasteiger partial charge in [-0.1, -0.05) is 19.8 Å². The highest BCUT2D eigenvalue weighted by Gasteiger charge is 2.41. The summed E-state index contributed by atoms with van der Waals surface area (Å²) >= 11 is 0. The van der Waals surface area contributed by atoms with Crippen LogP contribution in [-0.4, -0.2) is 36.1 Å². The van der Waals surface area contributed by atoms with Gasteiger partial charge < -0.3 is 10.2 Å². The average Bonchev–Trinajstić information content (AvgIpc) is 2.60. The highest BCUT2D eigenvalue weighted by atomic mass is 19.2. The first-order chi connectivity index (χ1) is 11.9. The van der Waals surface area contributed by atoms with Gasteiger partial charge in [0.2, 0.25) is 0 Å². The van der Waals surface area contributed by atoms with Gasteiger partial charge in [0.15, 0.2) is 6.17 Å². The Labute approximate surface area is 154 Å². The Bertz CT molecular complexity index is 434. The molecule has 3 aliphatic rings. The van der Waals surface area contributed by atoms with Gasteiger partial charge in [0.1, 0.15) is 18.4 Å². The average molecular weight is 378 g/mol. The van der Waals surface area contributed by atoms with E-state index in [-0.39, 0.29) is 30.2 Å². The third-order valence-electron chi connectivity index (χ3n) is 6.78. The summed E-state index contributed by atoms with van der Waals surface area (Å²) in [6.45, 7) is 2.32. The lowest BCUT2D eigenvalue weighted by Gasteiger charge is -2.37. The maximum atomic E-state index is 13.4. The summed E-state index contributed by atoms with van der Waals surface area (Å²) in [6.07, 6.45) is 1.90. The number of hydrogen-bond donors (Lipinski definition) is 0. The van der Waals surface area contributed by atoms with E-state index in [1.54, 1.807) is 0 Å². The van der Waals surface area contributed by atoms with Crippen LogP contribution in [-0.2, 0) is 9.53 Å². The summed E-state index contributed by atoms with van der Waals surface area (Å²) in [7, 11) is 0. The van der Waals surface area contributed by atoms with Crippen molar-refractivity contribution in [3.05, 3.63) is 0 Å². The van der Waals surface area contributed by atoms with Gasteiger partial charge in [-0.05, 0) is 56.3 Å². The standard InChI is InChI=1S/C20H31F3O2.H2O/c1-12-2-4-13(5-3-12)14-6-8-15(9-7-14)20(24)25-16-10-17(21)19(23)18(22)11-16;/h12-19H,2-11H2,1H3;1H2. The van der Waals surface area contributed by atoms with Crippen LogP contribution in [0.1, 0.15) is 71.1 Å². The van der Waals surface area contributed by atoms with Gasteiger partial charge in [-0.2, -0.15) is 0 Å². The molecule has 152 valence electrons. The number of rotatable bonds is 3. The van der Waals surface area contributed by atoms with E-state index in [1.165, 1.54) is 25.7 Å². The van der Waals surface area contributed by atoms with E-state index in [0.29, 0.717) is 5.92 Å². The molecule has 3 saturated carbocycles. The van der Waals surface area contributed by atoms with E-state index in [1.807, 2.05) is 0 Å². The molecule has 0 aromatic heterocycles. The molecule has 3 nitrogen and oxygen atoms in total. The molecule has 26 heavy (non-hydrogen) atoms. The van der Waals surface area contributed by atoms with Crippen LogP contribution >= 0.6 is 0 Å². The van der Waals surface area contributed by atoms with Crippen molar-refractivity contribution in [1.29, 1.82) is 0 Å². The van der Waals surface area contributed by atoms with Gasteiger partial charge in [-0.15, -0.1) is 0 Å². The third kappa shape index (κ3) is 5.14. The first kappa shape index (κ1) is 21.5. The minimum absolute atomic E-state index is 0. The number of esters is 1. The quantitative estimate of drug-likeness (QED) is 0.678. The van der Waals surface area contributed by atoms with Crippen LogP contribution < -0.4 is 0 Å². The predicted octanol–water partition coefficient (Wildman–Crippen LogP) is 4.51. The molecule has 0 radical (unpaired) electrons. The first-order valence-corrected chi connectivity index (χ1v) is 10.1. The zero-order valence-corrected chi connectivity index (χ0v) is 15.6. The number of ether oxygens (including phenoxy) is 1. The van der Waals surface area contributed by atoms with Crippen LogP contribution in [0, 0.1) is 23.7 Å². The molecule has 2 atom stereocenters. The number of alkyl halides is 3. The molecule has 0 bridgehead atoms. The minimum Gasteiger partial charge on any atom is -0.462 e. The molecule has 0 aliphatic heterocycles. The lowest BCUT2D eigenvalue weighted by atomic mass is 9.69. The zero-order valence-electron chi connectivity index (χ0n) is 15.6. The van der Waals surface area contributed by atoms with Crippen molar-refractivity contribution in [3.8, 4) is 0 Å². The molecular formula is C20H33F3O3. The number of hydrogen-bond acceptors (Lipinski definition) is 2. The Morgan fingerprint density at radius 3 is 1.77 bits per heavy atom. The van der Waals surface area contributed by atoms with Crippen LogP contribution in [0.15, 0.2) is 0 Å². The van der Waals surface area contributed by atoms with E-state index in [0.717, 1.165) is 37.5 Å². The van der Waals surface area contributed by atoms with Crippen LogP contribution in [0.5, 0.6) is 0 Å². The Morgan fingerprint density at radius 1 is 0.808 bits per heavy atom. The predicted molar refractivity (Wildman–Crippen MR) is 94.0 cm³/mol. The van der Waals surface area contributed by atoms with Crippen LogP contribution in [0.4, 0.5) is 13.2 Å². The lowest BCUT2D eigenvalue weighted by Crippen LogP contribution is -2.42. The van der Waals surface area contributed by atoms with Crippen molar-refractivity contribution < 1.29 is 28.2 Å². The van der Waals surface area contributed by atoms with E-state index in [2.05, 4.69) is 6.92 Å². The Hall–Kier alpha value is -0.780. The number of halogens is 3. The summed E-state index contributed by atoms with van der Waals surface area (Å²) < 4.78 is 45.4. The molecule has 0 heterocycles. The van der Waals surface area contributed by atoms with Crippen molar-refractivity contribution in [3.63, 3.8) is 0 Å². The minimum atomic E-state index is -2.08. The van der Waals surface area contributed by atoms with Crippen molar-refractivity contribution in [2.24, 2.45) is 23.7 Å². The van der Waals surface area contributed by atoms with Gasteiger partial charge in [-0.3, -0.25) is 4.79 Å². The lowest BCUT2D eigenvalue weighted by molar-refractivity contribution is -0.161. The Morgan fingerprint density at radius 2 is 1.27 bits per heavy atom. The molecule has 0 saturated heterocycles. The van der Waals surface area contributed by atoms with Crippen molar-refractivity contribution >= 4 is 5.97 Å². The van der Waals surface area contributed by atoms with E-state index < -0.39 is 24.6 Å². The van der Waals surface area contributed by atoms with E-state index >= 15 is 0 Å². The molecule has 3 fully saturated rings. The molecule has 3 rings (SSSR count). The Balaban J connectivity index is 0.00000243. The fraction of sp³-hybridized carbons (Fsp3) is 0.950. The zero-order chi connectivity index (χ0) is 18.0. The molecule has 2 unspecified atom stereocenters. The molecule has 2 N–H and O–H groups in total. The van der Waals surface area contributed by atoms with Gasteiger partial charge >= 0.3 is 5.97 Å². The number of carbonyl (C=O) groups excluding carboxylic acids is 1. The molecule has 3 aliphatic carbocycles. The van der Waals surface area contributed by atoms with Gasteiger partial charge in [0.25, 0.3) is 0 Å². The van der Waals surface area contributed by atoms with Crippen LogP contribution in [0.3, 0.4) is 0 Å². The van der Waals surface area contributed by atoms with Crippen molar-refractivity contribution in [2.45, 2.75) is 95.8 Å². The monoisotopic (exact) mass is 378 g/mol. The highest BCUT2D eigenvalue weighted by molar-refractivity contribution is 5.72. The van der Waals surface area contributed by atoms with Crippen molar-refractivity contribution in [2.75, 3.05) is 0 Å². The number of carbonyl (C=O) groups is 1. The summed E-state index contributed by atoms with van der Waals surface area (Å²) in [6, 6.07) is 0. The van der Waals surface area contributed by atoms with Crippen molar-refractivity contribution in [1.82, 2.24) is 0 Å². The molecular weight excluding hydrogens is 345 g/mol. The maximum absolute atomic E-state index is 13.4. The largest absolute Gasteiger partial charge is 0.462 e. The summed E-state index contributed by atoms with van der Waals surface area (Å²) in [5, 5.41) is 0. The SMILES string of the molecule is CC1CCC(C2CCC(C(=O)OC3CC(F)C(F)C(F)C3)CC2)CC1.O. The molecule has 6 heteroatoms. The first-order valence-electron chi connectivity index (χ1n) is 10.1. The molecule has 0 aromatic carbocycles. The maximum Gasteiger partial charge on any atom is 0.309 e. The summed E-state index contributed by atoms with van der Waals surface area (Å²) in [5.41, 5.74) is 0. The summed E-state index contributed by atoms with van der Waals surface area (Å²) in [5.74, 6) is 1.87.